The quantitative estimate of drug-likeness (QED) is 0.739. The lowest BCUT2D eigenvalue weighted by molar-refractivity contribution is 0.0356. The van der Waals surface area contributed by atoms with Crippen LogP contribution in [-0.2, 0) is 0 Å². The highest BCUT2D eigenvalue weighted by atomic mass is 16.3. The predicted molar refractivity (Wildman–Crippen MR) is 63.7 cm³/mol. The fourth-order valence-electron chi connectivity index (χ4n) is 2.68. The van der Waals surface area contributed by atoms with Crippen molar-refractivity contribution in [3.63, 3.8) is 0 Å². The van der Waals surface area contributed by atoms with E-state index in [1.165, 1.54) is 12.8 Å². The van der Waals surface area contributed by atoms with Crippen LogP contribution < -0.4 is 5.73 Å². The van der Waals surface area contributed by atoms with Gasteiger partial charge < -0.3 is 10.8 Å². The van der Waals surface area contributed by atoms with Crippen LogP contribution in [0.4, 0.5) is 0 Å². The van der Waals surface area contributed by atoms with E-state index in [0.29, 0.717) is 6.04 Å². The zero-order valence-electron chi connectivity index (χ0n) is 10.3. The summed E-state index contributed by atoms with van der Waals surface area (Å²) >= 11 is 0. The molecular weight excluding hydrogens is 188 g/mol. The van der Waals surface area contributed by atoms with E-state index in [0.717, 1.165) is 18.9 Å². The van der Waals surface area contributed by atoms with Crippen LogP contribution >= 0.6 is 0 Å². The van der Waals surface area contributed by atoms with Crippen LogP contribution in [0.25, 0.3) is 0 Å². The van der Waals surface area contributed by atoms with Gasteiger partial charge >= 0.3 is 0 Å². The van der Waals surface area contributed by atoms with Gasteiger partial charge in [0.1, 0.15) is 0 Å². The summed E-state index contributed by atoms with van der Waals surface area (Å²) in [6.07, 6.45) is 3.40. The first-order chi connectivity index (χ1) is 7.10. The Labute approximate surface area is 93.6 Å². The summed E-state index contributed by atoms with van der Waals surface area (Å²) in [5, 5.41) is 9.44. The van der Waals surface area contributed by atoms with E-state index in [4.69, 9.17) is 5.73 Å². The molecule has 0 aliphatic carbocycles. The molecule has 0 amide bonds. The lowest BCUT2D eigenvalue weighted by atomic mass is 9.90. The molecule has 0 bridgehead atoms. The minimum absolute atomic E-state index is 0.103. The SMILES string of the molecule is CCC(N)C(CO)N1CCC(C)CC1C. The Morgan fingerprint density at radius 1 is 1.47 bits per heavy atom. The summed E-state index contributed by atoms with van der Waals surface area (Å²) in [4.78, 5) is 2.40. The summed E-state index contributed by atoms with van der Waals surface area (Å²) in [6, 6.07) is 0.812. The molecule has 0 aromatic carbocycles. The van der Waals surface area contributed by atoms with Crippen molar-refractivity contribution in [2.24, 2.45) is 11.7 Å². The van der Waals surface area contributed by atoms with Crippen molar-refractivity contribution in [3.8, 4) is 0 Å². The third kappa shape index (κ3) is 3.16. The highest BCUT2D eigenvalue weighted by molar-refractivity contribution is 4.87. The van der Waals surface area contributed by atoms with Gasteiger partial charge in [-0.25, -0.2) is 0 Å². The first kappa shape index (κ1) is 12.9. The average Bonchev–Trinajstić information content (AvgIpc) is 2.21. The number of aliphatic hydroxyl groups excluding tert-OH is 1. The number of rotatable bonds is 4. The van der Waals surface area contributed by atoms with Crippen molar-refractivity contribution in [2.45, 2.75) is 58.2 Å². The molecule has 15 heavy (non-hydrogen) atoms. The molecule has 0 aromatic rings. The highest BCUT2D eigenvalue weighted by Crippen LogP contribution is 2.25. The van der Waals surface area contributed by atoms with Gasteiger partial charge in [-0.2, -0.15) is 0 Å². The van der Waals surface area contributed by atoms with Crippen LogP contribution in [0.5, 0.6) is 0 Å². The van der Waals surface area contributed by atoms with Crippen LogP contribution in [-0.4, -0.2) is 41.3 Å². The fraction of sp³-hybridized carbons (Fsp3) is 1.00. The molecule has 3 nitrogen and oxygen atoms in total. The van der Waals surface area contributed by atoms with E-state index >= 15 is 0 Å². The van der Waals surface area contributed by atoms with E-state index < -0.39 is 0 Å². The Balaban J connectivity index is 2.59. The van der Waals surface area contributed by atoms with Gasteiger partial charge in [-0.1, -0.05) is 13.8 Å². The molecule has 0 spiro atoms. The van der Waals surface area contributed by atoms with E-state index in [1.807, 2.05) is 0 Å². The van der Waals surface area contributed by atoms with Crippen LogP contribution in [0.3, 0.4) is 0 Å². The second-order valence-corrected chi connectivity index (χ2v) is 5.04. The van der Waals surface area contributed by atoms with Crippen molar-refractivity contribution in [1.29, 1.82) is 0 Å². The smallest absolute Gasteiger partial charge is 0.0602 e. The van der Waals surface area contributed by atoms with Crippen LogP contribution in [0.15, 0.2) is 0 Å². The number of aliphatic hydroxyl groups is 1. The van der Waals surface area contributed by atoms with Gasteiger partial charge in [0.25, 0.3) is 0 Å². The predicted octanol–water partition coefficient (Wildman–Crippen LogP) is 1.20. The van der Waals surface area contributed by atoms with Crippen LogP contribution in [0, 0.1) is 5.92 Å². The number of likely N-dealkylation sites (tertiary alicyclic amines) is 1. The molecule has 1 rings (SSSR count). The van der Waals surface area contributed by atoms with Gasteiger partial charge in [-0.3, -0.25) is 4.90 Å². The number of nitrogens with zero attached hydrogens (tertiary/aromatic N) is 1. The van der Waals surface area contributed by atoms with E-state index in [1.54, 1.807) is 0 Å². The van der Waals surface area contributed by atoms with Crippen LogP contribution in [0.2, 0.25) is 0 Å². The van der Waals surface area contributed by atoms with Crippen molar-refractivity contribution >= 4 is 0 Å². The lowest BCUT2D eigenvalue weighted by Gasteiger charge is -2.43. The zero-order chi connectivity index (χ0) is 11.4. The van der Waals surface area contributed by atoms with Gasteiger partial charge in [-0.15, -0.1) is 0 Å². The molecule has 1 heterocycles. The Morgan fingerprint density at radius 2 is 2.13 bits per heavy atom. The summed E-state index contributed by atoms with van der Waals surface area (Å²) < 4.78 is 0. The average molecular weight is 214 g/mol. The third-order valence-corrected chi connectivity index (χ3v) is 3.77. The molecule has 4 atom stereocenters. The van der Waals surface area contributed by atoms with Gasteiger partial charge in [-0.05, 0) is 38.6 Å². The third-order valence-electron chi connectivity index (χ3n) is 3.77. The molecule has 0 radical (unpaired) electrons. The summed E-state index contributed by atoms with van der Waals surface area (Å²) in [5.74, 6) is 0.813. The first-order valence-electron chi connectivity index (χ1n) is 6.22. The van der Waals surface area contributed by atoms with Crippen molar-refractivity contribution in [2.75, 3.05) is 13.2 Å². The standard InChI is InChI=1S/C12H26N2O/c1-4-11(13)12(8-15)14-6-5-9(2)7-10(14)3/h9-12,15H,4-8,13H2,1-3H3. The Bertz CT molecular complexity index is 186. The van der Waals surface area contributed by atoms with Gasteiger partial charge in [0.05, 0.1) is 6.61 Å². The molecule has 1 aliphatic heterocycles. The van der Waals surface area contributed by atoms with Gasteiger partial charge in [0, 0.05) is 18.1 Å². The Kier molecular flexibility index (Phi) is 5.03. The van der Waals surface area contributed by atoms with E-state index in [2.05, 4.69) is 25.7 Å². The minimum atomic E-state index is 0.103. The summed E-state index contributed by atoms with van der Waals surface area (Å²) in [7, 11) is 0. The fourth-order valence-corrected chi connectivity index (χ4v) is 2.68. The number of hydrogen-bond donors (Lipinski definition) is 2. The molecule has 3 heteroatoms. The molecule has 1 fully saturated rings. The molecule has 0 aromatic heterocycles. The second kappa shape index (κ2) is 5.83. The minimum Gasteiger partial charge on any atom is -0.395 e. The molecule has 90 valence electrons. The Morgan fingerprint density at radius 3 is 2.60 bits per heavy atom. The molecule has 1 aliphatic rings. The van der Waals surface area contributed by atoms with Crippen molar-refractivity contribution in [1.82, 2.24) is 4.90 Å². The maximum Gasteiger partial charge on any atom is 0.0602 e. The number of hydrogen-bond acceptors (Lipinski definition) is 3. The largest absolute Gasteiger partial charge is 0.395 e. The normalized spacial score (nSPS) is 32.6. The number of nitrogens with two attached hydrogens (primary N) is 1. The summed E-state index contributed by atoms with van der Waals surface area (Å²) in [6.45, 7) is 7.92. The highest BCUT2D eigenvalue weighted by Gasteiger charge is 2.30. The summed E-state index contributed by atoms with van der Waals surface area (Å²) in [5.41, 5.74) is 6.05. The molecule has 0 saturated carbocycles. The molecular formula is C12H26N2O. The maximum atomic E-state index is 9.44. The van der Waals surface area contributed by atoms with E-state index in [9.17, 15) is 5.11 Å². The topological polar surface area (TPSA) is 49.5 Å². The lowest BCUT2D eigenvalue weighted by Crippen LogP contribution is -2.55. The van der Waals surface area contributed by atoms with Gasteiger partial charge in [0.15, 0.2) is 0 Å². The molecule has 4 unspecified atom stereocenters. The van der Waals surface area contributed by atoms with Gasteiger partial charge in [0.2, 0.25) is 0 Å². The Hall–Kier alpha value is -0.120. The molecule has 1 saturated heterocycles. The van der Waals surface area contributed by atoms with Crippen molar-refractivity contribution in [3.05, 3.63) is 0 Å². The van der Waals surface area contributed by atoms with Crippen molar-refractivity contribution < 1.29 is 5.11 Å². The number of piperidine rings is 1. The first-order valence-corrected chi connectivity index (χ1v) is 6.22. The monoisotopic (exact) mass is 214 g/mol. The van der Waals surface area contributed by atoms with E-state index in [-0.39, 0.29) is 18.7 Å². The second-order valence-electron chi connectivity index (χ2n) is 5.04. The molecule has 3 N–H and O–H groups in total. The van der Waals surface area contributed by atoms with Crippen LogP contribution in [0.1, 0.15) is 40.0 Å². The maximum absolute atomic E-state index is 9.44. The zero-order valence-corrected chi connectivity index (χ0v) is 10.3.